The van der Waals surface area contributed by atoms with E-state index in [1.165, 1.54) is 0 Å². The Balaban J connectivity index is 3.49. The average Bonchev–Trinajstić information content (AvgIpc) is 2.43. The molecule has 0 fully saturated rings. The van der Waals surface area contributed by atoms with Gasteiger partial charge in [-0.1, -0.05) is 53.7 Å². The second kappa shape index (κ2) is 8.16. The molecule has 0 saturated heterocycles. The van der Waals surface area contributed by atoms with Crippen LogP contribution in [0.2, 0.25) is 0 Å². The molecule has 0 aromatic heterocycles. The maximum atomic E-state index is 12.8. The maximum Gasteiger partial charge on any atom is 0.297 e. The summed E-state index contributed by atoms with van der Waals surface area (Å²) >= 11 is 0. The van der Waals surface area contributed by atoms with Gasteiger partial charge in [-0.05, 0) is 34.4 Å². The van der Waals surface area contributed by atoms with Gasteiger partial charge in [-0.2, -0.15) is 16.8 Å². The summed E-state index contributed by atoms with van der Waals surface area (Å²) in [7, 11) is -8.44. The van der Waals surface area contributed by atoms with Gasteiger partial charge >= 0.3 is 0 Å². The molecule has 0 heterocycles. The van der Waals surface area contributed by atoms with E-state index in [2.05, 4.69) is 0 Å². The van der Waals surface area contributed by atoms with Crippen LogP contribution < -0.4 is 0 Å². The van der Waals surface area contributed by atoms with Gasteiger partial charge in [0, 0.05) is 0 Å². The van der Waals surface area contributed by atoms with Crippen molar-refractivity contribution in [3.8, 4) is 0 Å². The zero-order valence-corrected chi connectivity index (χ0v) is 17.2. The molecule has 144 valence electrons. The molecule has 0 spiro atoms. The van der Waals surface area contributed by atoms with Gasteiger partial charge in [0.25, 0.3) is 20.2 Å². The Morgan fingerprint density at radius 3 is 1.64 bits per heavy atom. The van der Waals surface area contributed by atoms with E-state index >= 15 is 0 Å². The molecule has 6 nitrogen and oxygen atoms in total. The molecule has 0 aliphatic rings. The highest BCUT2D eigenvalue weighted by molar-refractivity contribution is 7.87. The third kappa shape index (κ3) is 6.06. The highest BCUT2D eigenvalue weighted by Gasteiger charge is 2.28. The summed E-state index contributed by atoms with van der Waals surface area (Å²) in [5, 5.41) is 0. The third-order valence-electron chi connectivity index (χ3n) is 3.91. The normalized spacial score (nSPS) is 13.2. The Morgan fingerprint density at radius 2 is 1.32 bits per heavy atom. The van der Waals surface area contributed by atoms with Gasteiger partial charge < -0.3 is 0 Å². The lowest BCUT2D eigenvalue weighted by atomic mass is 9.89. The molecule has 0 aliphatic carbocycles. The van der Waals surface area contributed by atoms with E-state index in [0.29, 0.717) is 11.1 Å². The van der Waals surface area contributed by atoms with Crippen LogP contribution in [0, 0.1) is 0 Å². The van der Waals surface area contributed by atoms with Crippen molar-refractivity contribution in [3.63, 3.8) is 0 Å². The Labute approximate surface area is 151 Å². The zero-order chi connectivity index (χ0) is 19.6. The predicted molar refractivity (Wildman–Crippen MR) is 98.3 cm³/mol. The van der Waals surface area contributed by atoms with E-state index in [4.69, 9.17) is 8.74 Å². The fraction of sp³-hybridized carbons (Fsp3) is 0.647. The van der Waals surface area contributed by atoms with Crippen LogP contribution >= 0.6 is 0 Å². The molecule has 0 unspecified atom stereocenters. The minimum Gasteiger partial charge on any atom is -0.285 e. The smallest absolute Gasteiger partial charge is 0.285 e. The van der Waals surface area contributed by atoms with Crippen LogP contribution in [0.3, 0.4) is 0 Å². The van der Waals surface area contributed by atoms with E-state index in [1.54, 1.807) is 0 Å². The zero-order valence-electron chi connectivity index (χ0n) is 15.6. The lowest BCUT2D eigenvalue weighted by Crippen LogP contribution is -2.18. The quantitative estimate of drug-likeness (QED) is 0.536. The van der Waals surface area contributed by atoms with E-state index in [0.717, 1.165) is 5.56 Å². The highest BCUT2D eigenvalue weighted by Crippen LogP contribution is 2.35. The summed E-state index contributed by atoms with van der Waals surface area (Å²) in [6.07, 6.45) is 0. The van der Waals surface area contributed by atoms with Crippen molar-refractivity contribution in [1.82, 2.24) is 0 Å². The molecular weight excluding hydrogens is 364 g/mol. The summed E-state index contributed by atoms with van der Waals surface area (Å²) < 4.78 is 60.8. The van der Waals surface area contributed by atoms with Gasteiger partial charge in [0.15, 0.2) is 0 Å². The van der Waals surface area contributed by atoms with Crippen LogP contribution in [0.25, 0.3) is 0 Å². The van der Waals surface area contributed by atoms with Crippen molar-refractivity contribution >= 4 is 20.2 Å². The van der Waals surface area contributed by atoms with Crippen LogP contribution in [-0.2, 0) is 24.4 Å². The van der Waals surface area contributed by atoms with Crippen LogP contribution in [0.5, 0.6) is 0 Å². The van der Waals surface area contributed by atoms with Crippen LogP contribution in [0.4, 0.5) is 0 Å². The predicted octanol–water partition coefficient (Wildman–Crippen LogP) is 3.65. The number of rotatable bonds is 8. The molecule has 1 aromatic rings. The molecule has 1 aromatic carbocycles. The first-order valence-electron chi connectivity index (χ1n) is 8.28. The molecular formula is C17H28O6S2. The Morgan fingerprint density at radius 1 is 0.880 bits per heavy atom. The number of hydrogen-bond donors (Lipinski definition) is 1. The minimum absolute atomic E-state index is 0.0499. The van der Waals surface area contributed by atoms with Crippen molar-refractivity contribution in [2.24, 2.45) is 0 Å². The van der Waals surface area contributed by atoms with Crippen molar-refractivity contribution < 1.29 is 25.6 Å². The topological polar surface area (TPSA) is 97.7 Å². The summed E-state index contributed by atoms with van der Waals surface area (Å²) in [5.41, 5.74) is 2.35. The fourth-order valence-corrected chi connectivity index (χ4v) is 4.47. The van der Waals surface area contributed by atoms with Gasteiger partial charge in [-0.3, -0.25) is 8.74 Å². The summed E-state index contributed by atoms with van der Waals surface area (Å²) in [5.74, 6) is -0.630. The lowest BCUT2D eigenvalue weighted by Gasteiger charge is -2.22. The second-order valence-electron chi connectivity index (χ2n) is 7.05. The van der Waals surface area contributed by atoms with E-state index in [-0.39, 0.29) is 22.6 Å². The van der Waals surface area contributed by atoms with Crippen LogP contribution in [-0.4, -0.2) is 33.7 Å². The highest BCUT2D eigenvalue weighted by atomic mass is 32.2. The van der Waals surface area contributed by atoms with Gasteiger partial charge in [-0.25, -0.2) is 0 Å². The van der Waals surface area contributed by atoms with Gasteiger partial charge in [0.2, 0.25) is 0 Å². The first kappa shape index (κ1) is 22.1. The van der Waals surface area contributed by atoms with E-state index in [1.807, 2.05) is 53.7 Å². The second-order valence-corrected chi connectivity index (χ2v) is 10.2. The van der Waals surface area contributed by atoms with Crippen LogP contribution in [0.15, 0.2) is 17.0 Å². The van der Waals surface area contributed by atoms with Crippen molar-refractivity contribution in [2.45, 2.75) is 64.2 Å². The molecule has 8 heteroatoms. The Kier molecular flexibility index (Phi) is 7.21. The summed E-state index contributed by atoms with van der Waals surface area (Å²) in [6, 6.07) is 3.75. The Bertz CT molecular complexity index is 777. The maximum absolute atomic E-state index is 12.8. The van der Waals surface area contributed by atoms with Crippen molar-refractivity contribution in [2.75, 3.05) is 12.4 Å². The van der Waals surface area contributed by atoms with Crippen LogP contribution in [0.1, 0.15) is 76.0 Å². The fourth-order valence-electron chi connectivity index (χ4n) is 2.49. The summed E-state index contributed by atoms with van der Waals surface area (Å²) in [6.45, 7) is 11.1. The summed E-state index contributed by atoms with van der Waals surface area (Å²) in [4.78, 5) is 0.109. The van der Waals surface area contributed by atoms with Gasteiger partial charge in [0.1, 0.15) is 10.6 Å². The third-order valence-corrected chi connectivity index (χ3v) is 6.04. The number of benzene rings is 1. The minimum atomic E-state index is -4.29. The Hall–Kier alpha value is -0.960. The average molecular weight is 393 g/mol. The standard InChI is InChI=1S/C17H28O6S2/c1-11(2)14-9-15(12(3)4)17(16(10-14)13(5)6)25(21,22)23-7-8-24(18,19)20/h9-13H,7-8H2,1-6H3,(H,18,19,20). The SMILES string of the molecule is CC(C)c1cc(C(C)C)c(S(=O)(=O)OCCS(=O)(=O)O)c(C(C)C)c1. The molecule has 25 heavy (non-hydrogen) atoms. The molecule has 0 atom stereocenters. The first-order chi connectivity index (χ1) is 11.3. The monoisotopic (exact) mass is 392 g/mol. The molecule has 1 N–H and O–H groups in total. The molecule has 0 saturated carbocycles. The van der Waals surface area contributed by atoms with Gasteiger partial charge in [-0.15, -0.1) is 0 Å². The number of hydrogen-bond acceptors (Lipinski definition) is 5. The molecule has 0 aliphatic heterocycles. The molecule has 0 amide bonds. The van der Waals surface area contributed by atoms with E-state index < -0.39 is 32.6 Å². The van der Waals surface area contributed by atoms with E-state index in [9.17, 15) is 16.8 Å². The lowest BCUT2D eigenvalue weighted by molar-refractivity contribution is 0.333. The van der Waals surface area contributed by atoms with Gasteiger partial charge in [0.05, 0.1) is 6.61 Å². The largest absolute Gasteiger partial charge is 0.297 e. The van der Waals surface area contributed by atoms with Crippen molar-refractivity contribution in [1.29, 1.82) is 0 Å². The van der Waals surface area contributed by atoms with Crippen molar-refractivity contribution in [3.05, 3.63) is 28.8 Å². The molecule has 0 bridgehead atoms. The first-order valence-corrected chi connectivity index (χ1v) is 11.3. The molecule has 0 radical (unpaired) electrons. The molecule has 1 rings (SSSR count).